The number of nitrogens with zero attached hydrogens (tertiary/aromatic N) is 2. The first-order valence-corrected chi connectivity index (χ1v) is 12.6. The Morgan fingerprint density at radius 3 is 2.03 bits per heavy atom. The van der Waals surface area contributed by atoms with Crippen molar-refractivity contribution in [1.29, 1.82) is 0 Å². The van der Waals surface area contributed by atoms with E-state index >= 15 is 0 Å². The first-order valence-electron chi connectivity index (χ1n) is 12.6. The smallest absolute Gasteiger partial charge is 0.238 e. The first kappa shape index (κ1) is 25.0. The summed E-state index contributed by atoms with van der Waals surface area (Å²) in [6.07, 6.45) is 1.81. The lowest BCUT2D eigenvalue weighted by atomic mass is 9.86. The summed E-state index contributed by atoms with van der Waals surface area (Å²) >= 11 is 0. The molecule has 4 rings (SSSR count). The third-order valence-corrected chi connectivity index (χ3v) is 6.99. The fourth-order valence-corrected chi connectivity index (χ4v) is 4.78. The van der Waals surface area contributed by atoms with E-state index in [1.54, 1.807) is 7.11 Å². The Kier molecular flexibility index (Phi) is 7.61. The van der Waals surface area contributed by atoms with Crippen LogP contribution in [-0.2, 0) is 29.6 Å². The zero-order valence-corrected chi connectivity index (χ0v) is 21.8. The summed E-state index contributed by atoms with van der Waals surface area (Å²) in [4.78, 5) is 17.6. The summed E-state index contributed by atoms with van der Waals surface area (Å²) in [5, 5.41) is 0. The van der Waals surface area contributed by atoms with E-state index in [1.807, 2.05) is 12.1 Å². The Morgan fingerprint density at radius 2 is 1.46 bits per heavy atom. The fourth-order valence-electron chi connectivity index (χ4n) is 4.78. The summed E-state index contributed by atoms with van der Waals surface area (Å²) in [5.74, 6) is 1.03. The van der Waals surface area contributed by atoms with Crippen molar-refractivity contribution >= 4 is 5.91 Å². The van der Waals surface area contributed by atoms with Gasteiger partial charge in [0.25, 0.3) is 0 Å². The van der Waals surface area contributed by atoms with Gasteiger partial charge in [-0.15, -0.1) is 0 Å². The van der Waals surface area contributed by atoms with E-state index in [2.05, 4.69) is 98.2 Å². The van der Waals surface area contributed by atoms with E-state index in [9.17, 15) is 4.79 Å². The summed E-state index contributed by atoms with van der Waals surface area (Å²) < 4.78 is 5.31. The van der Waals surface area contributed by atoms with Crippen molar-refractivity contribution in [2.24, 2.45) is 0 Å². The number of hydrogen-bond acceptors (Lipinski definition) is 3. The maximum Gasteiger partial charge on any atom is 0.238 e. The average molecular weight is 471 g/mol. The third-order valence-electron chi connectivity index (χ3n) is 6.99. The number of carbonyl (C=O) groups is 1. The highest BCUT2D eigenvalue weighted by atomic mass is 16.5. The molecular weight excluding hydrogens is 432 g/mol. The second-order valence-corrected chi connectivity index (χ2v) is 10.5. The number of aryl methyl sites for hydroxylation is 1. The molecule has 0 bridgehead atoms. The fraction of sp³-hybridized carbons (Fsp3) is 0.387. The van der Waals surface area contributed by atoms with Gasteiger partial charge in [-0.3, -0.25) is 9.69 Å². The van der Waals surface area contributed by atoms with Gasteiger partial charge >= 0.3 is 0 Å². The standard InChI is InChI=1S/C31H38N2O2/c1-6-23-7-9-24(10-8-23)19-20-33-29(34)22-32(21-25-11-17-28(35-5)18-12-25)30(33)26-13-15-27(16-14-26)31(2,3)4/h7-18,30H,6,19-22H2,1-5H3. The van der Waals surface area contributed by atoms with E-state index in [0.717, 1.165) is 18.6 Å². The van der Waals surface area contributed by atoms with Crippen molar-refractivity contribution in [3.05, 3.63) is 101 Å². The normalized spacial score (nSPS) is 16.7. The van der Waals surface area contributed by atoms with Crippen LogP contribution in [0.1, 0.15) is 61.7 Å². The summed E-state index contributed by atoms with van der Waals surface area (Å²) in [6.45, 7) is 10.7. The first-order chi connectivity index (χ1) is 16.8. The van der Waals surface area contributed by atoms with E-state index < -0.39 is 0 Å². The van der Waals surface area contributed by atoms with Gasteiger partial charge in [-0.1, -0.05) is 88.4 Å². The molecule has 35 heavy (non-hydrogen) atoms. The maximum absolute atomic E-state index is 13.3. The lowest BCUT2D eigenvalue weighted by molar-refractivity contribution is -0.128. The van der Waals surface area contributed by atoms with Crippen molar-refractivity contribution in [3.8, 4) is 5.75 Å². The Morgan fingerprint density at radius 1 is 0.857 bits per heavy atom. The van der Waals surface area contributed by atoms with Gasteiger partial charge in [-0.05, 0) is 58.2 Å². The molecule has 1 amide bonds. The molecule has 0 aliphatic carbocycles. The minimum atomic E-state index is -0.0754. The lowest BCUT2D eigenvalue weighted by Crippen LogP contribution is -2.33. The number of carbonyl (C=O) groups excluding carboxylic acids is 1. The predicted molar refractivity (Wildman–Crippen MR) is 143 cm³/mol. The zero-order valence-electron chi connectivity index (χ0n) is 21.8. The van der Waals surface area contributed by atoms with Crippen LogP contribution in [0, 0.1) is 0 Å². The van der Waals surface area contributed by atoms with Crippen molar-refractivity contribution in [2.75, 3.05) is 20.2 Å². The molecule has 0 N–H and O–H groups in total. The van der Waals surface area contributed by atoms with Crippen LogP contribution < -0.4 is 4.74 Å². The lowest BCUT2D eigenvalue weighted by Gasteiger charge is -2.31. The van der Waals surface area contributed by atoms with Crippen molar-refractivity contribution < 1.29 is 9.53 Å². The number of hydrogen-bond donors (Lipinski definition) is 0. The van der Waals surface area contributed by atoms with E-state index in [-0.39, 0.29) is 17.5 Å². The quantitative estimate of drug-likeness (QED) is 0.396. The zero-order chi connectivity index (χ0) is 25.0. The SMILES string of the molecule is CCc1ccc(CCN2C(=O)CN(Cc3ccc(OC)cc3)C2c2ccc(C(C)(C)C)cc2)cc1. The van der Waals surface area contributed by atoms with Crippen molar-refractivity contribution in [3.63, 3.8) is 0 Å². The monoisotopic (exact) mass is 470 g/mol. The number of methoxy groups -OCH3 is 1. The molecule has 1 aliphatic heterocycles. The number of ether oxygens (including phenoxy) is 1. The number of benzene rings is 3. The minimum Gasteiger partial charge on any atom is -0.497 e. The van der Waals surface area contributed by atoms with Crippen LogP contribution in [-0.4, -0.2) is 35.9 Å². The molecular formula is C31H38N2O2. The molecule has 1 fully saturated rings. The predicted octanol–water partition coefficient (Wildman–Crippen LogP) is 6.14. The van der Waals surface area contributed by atoms with Crippen molar-refractivity contribution in [2.45, 2.75) is 58.7 Å². The topological polar surface area (TPSA) is 32.8 Å². The van der Waals surface area contributed by atoms with Crippen molar-refractivity contribution in [1.82, 2.24) is 9.80 Å². The van der Waals surface area contributed by atoms with Gasteiger partial charge in [0.2, 0.25) is 5.91 Å². The minimum absolute atomic E-state index is 0.0754. The van der Waals surface area contributed by atoms with Gasteiger partial charge < -0.3 is 9.64 Å². The second-order valence-electron chi connectivity index (χ2n) is 10.5. The van der Waals surface area contributed by atoms with Gasteiger partial charge in [-0.2, -0.15) is 0 Å². The molecule has 3 aromatic rings. The van der Waals surface area contributed by atoms with Crippen LogP contribution in [0.4, 0.5) is 0 Å². The number of rotatable bonds is 8. The highest BCUT2D eigenvalue weighted by Crippen LogP contribution is 2.34. The molecule has 4 nitrogen and oxygen atoms in total. The third kappa shape index (κ3) is 5.94. The Labute approximate surface area is 210 Å². The average Bonchev–Trinajstić information content (AvgIpc) is 3.17. The maximum atomic E-state index is 13.3. The highest BCUT2D eigenvalue weighted by molar-refractivity contribution is 5.81. The van der Waals surface area contributed by atoms with Gasteiger partial charge in [0, 0.05) is 13.1 Å². The van der Waals surface area contributed by atoms with E-state index in [0.29, 0.717) is 19.6 Å². The Bertz CT molecular complexity index is 1110. The van der Waals surface area contributed by atoms with E-state index in [1.165, 1.54) is 27.8 Å². The van der Waals surface area contributed by atoms with Gasteiger partial charge in [-0.25, -0.2) is 0 Å². The van der Waals surface area contributed by atoms with Gasteiger partial charge in [0.1, 0.15) is 11.9 Å². The molecule has 1 heterocycles. The van der Waals surface area contributed by atoms with Crippen LogP contribution in [0.5, 0.6) is 5.75 Å². The van der Waals surface area contributed by atoms with Gasteiger partial charge in [0.15, 0.2) is 0 Å². The molecule has 0 saturated carbocycles. The summed E-state index contributed by atoms with van der Waals surface area (Å²) in [7, 11) is 1.68. The molecule has 3 aromatic carbocycles. The summed E-state index contributed by atoms with van der Waals surface area (Å²) in [6, 6.07) is 25.7. The molecule has 0 aromatic heterocycles. The second kappa shape index (κ2) is 10.7. The molecule has 1 aliphatic rings. The van der Waals surface area contributed by atoms with E-state index in [4.69, 9.17) is 4.74 Å². The van der Waals surface area contributed by atoms with Crippen LogP contribution >= 0.6 is 0 Å². The molecule has 0 spiro atoms. The molecule has 184 valence electrons. The molecule has 1 atom stereocenters. The Balaban J connectivity index is 1.59. The molecule has 0 radical (unpaired) electrons. The van der Waals surface area contributed by atoms with Crippen LogP contribution in [0.2, 0.25) is 0 Å². The van der Waals surface area contributed by atoms with Crippen LogP contribution in [0.3, 0.4) is 0 Å². The van der Waals surface area contributed by atoms with Crippen LogP contribution in [0.25, 0.3) is 0 Å². The van der Waals surface area contributed by atoms with Crippen LogP contribution in [0.15, 0.2) is 72.8 Å². The van der Waals surface area contributed by atoms with Gasteiger partial charge in [0.05, 0.1) is 13.7 Å². The molecule has 1 unspecified atom stereocenters. The summed E-state index contributed by atoms with van der Waals surface area (Å²) in [5.41, 5.74) is 6.34. The molecule has 4 heteroatoms. The Hall–Kier alpha value is -3.11. The molecule has 1 saturated heterocycles. The number of amides is 1. The highest BCUT2D eigenvalue weighted by Gasteiger charge is 2.38. The largest absolute Gasteiger partial charge is 0.497 e.